The molecule has 0 fully saturated rings. The molecule has 3 aromatic heterocycles. The van der Waals surface area contributed by atoms with Crippen LogP contribution < -0.4 is 0 Å². The first-order valence-corrected chi connectivity index (χ1v) is 17.4. The minimum absolute atomic E-state index is 0.918. The van der Waals surface area contributed by atoms with E-state index in [1.807, 2.05) is 0 Å². The average Bonchev–Trinajstić information content (AvgIpc) is 3.85. The van der Waals surface area contributed by atoms with E-state index in [1.165, 1.54) is 65.4 Å². The molecule has 7 aromatic rings. The van der Waals surface area contributed by atoms with E-state index in [-0.39, 0.29) is 0 Å². The zero-order valence-corrected chi connectivity index (χ0v) is 28.0. The first kappa shape index (κ1) is 28.7. The number of aromatic nitrogens is 4. The van der Waals surface area contributed by atoms with Gasteiger partial charge in [-0.25, -0.2) is 9.97 Å². The molecule has 48 heavy (non-hydrogen) atoms. The Bertz CT molecular complexity index is 2530. The van der Waals surface area contributed by atoms with E-state index in [0.29, 0.717) is 0 Å². The van der Waals surface area contributed by atoms with Crippen molar-refractivity contribution >= 4 is 87.4 Å². The summed E-state index contributed by atoms with van der Waals surface area (Å²) in [5, 5.41) is 9.83. The number of benzene rings is 4. The van der Waals surface area contributed by atoms with Gasteiger partial charge < -0.3 is 9.97 Å². The zero-order valence-electron chi connectivity index (χ0n) is 28.0. The Kier molecular flexibility index (Phi) is 6.62. The van der Waals surface area contributed by atoms with Crippen LogP contribution in [0, 0.1) is 0 Å². The lowest BCUT2D eigenvalue weighted by Gasteiger charge is -2.03. The molecular formula is C44H38N4. The van der Waals surface area contributed by atoms with E-state index >= 15 is 0 Å². The summed E-state index contributed by atoms with van der Waals surface area (Å²) in [6, 6.07) is 35.5. The fraction of sp³-hybridized carbons (Fsp3) is 0.182. The second-order valence-corrected chi connectivity index (χ2v) is 13.0. The number of H-pyrrole nitrogens is 2. The zero-order chi connectivity index (χ0) is 32.5. The van der Waals surface area contributed by atoms with Crippen molar-refractivity contribution in [3.8, 4) is 0 Å². The van der Waals surface area contributed by atoms with Crippen molar-refractivity contribution in [1.82, 2.24) is 19.9 Å². The van der Waals surface area contributed by atoms with Gasteiger partial charge in [-0.15, -0.1) is 0 Å². The Morgan fingerprint density at radius 2 is 0.750 bits per heavy atom. The molecule has 2 aliphatic heterocycles. The van der Waals surface area contributed by atoms with Gasteiger partial charge in [0.1, 0.15) is 0 Å². The lowest BCUT2D eigenvalue weighted by atomic mass is 9.99. The fourth-order valence-electron chi connectivity index (χ4n) is 8.32. The van der Waals surface area contributed by atoms with Crippen molar-refractivity contribution in [2.45, 2.75) is 53.4 Å². The standard InChI is InChI=1S/C44H38N4/c1-5-27-28(6-2)36-22-40-34-20-18-26-14-10-12-16-32(26)44(34)42(48-40)24-38-30(8-4)29(7-3)37(46-38)23-41-43-31-15-11-9-13-25(31)17-19-33(43)39(47-41)21-35(27)45-36/h9-24,47-48H,5-8H2,1-4H3. The third-order valence-corrected chi connectivity index (χ3v) is 10.5. The van der Waals surface area contributed by atoms with Crippen molar-refractivity contribution in [3.63, 3.8) is 0 Å². The molecule has 0 amide bonds. The molecule has 4 aromatic carbocycles. The Labute approximate surface area is 279 Å². The van der Waals surface area contributed by atoms with Gasteiger partial charge in [0.05, 0.1) is 22.8 Å². The maximum Gasteiger partial charge on any atom is 0.0693 e. The molecular weight excluding hydrogens is 585 g/mol. The van der Waals surface area contributed by atoms with Crippen LogP contribution in [-0.4, -0.2) is 19.9 Å². The Hall–Kier alpha value is -5.48. The van der Waals surface area contributed by atoms with Crippen molar-refractivity contribution in [2.75, 3.05) is 0 Å². The summed E-state index contributed by atoms with van der Waals surface area (Å²) in [5.41, 5.74) is 13.8. The smallest absolute Gasteiger partial charge is 0.0693 e. The van der Waals surface area contributed by atoms with Crippen LogP contribution in [0.15, 0.2) is 97.1 Å². The summed E-state index contributed by atoms with van der Waals surface area (Å²) in [6.07, 6.45) is 3.68. The lowest BCUT2D eigenvalue weighted by molar-refractivity contribution is 1.20. The van der Waals surface area contributed by atoms with Crippen LogP contribution in [0.5, 0.6) is 0 Å². The molecule has 0 unspecified atom stereocenters. The fourth-order valence-corrected chi connectivity index (χ4v) is 8.32. The minimum Gasteiger partial charge on any atom is -0.354 e. The predicted octanol–water partition coefficient (Wildman–Crippen LogP) is 12.4. The normalized spacial score (nSPS) is 13.6. The maximum atomic E-state index is 5.40. The van der Waals surface area contributed by atoms with E-state index in [0.717, 1.165) is 70.5 Å². The molecule has 0 radical (unpaired) electrons. The second-order valence-electron chi connectivity index (χ2n) is 13.0. The minimum atomic E-state index is 0.918. The molecule has 0 saturated heterocycles. The maximum absolute atomic E-state index is 5.40. The number of nitrogens with one attached hydrogen (secondary N) is 2. The number of nitrogens with zero attached hydrogens (tertiary/aromatic N) is 2. The summed E-state index contributed by atoms with van der Waals surface area (Å²) in [4.78, 5) is 18.5. The van der Waals surface area contributed by atoms with Crippen LogP contribution in [0.1, 0.15) is 76.2 Å². The highest BCUT2D eigenvalue weighted by atomic mass is 14.8. The first-order valence-electron chi connectivity index (χ1n) is 17.4. The van der Waals surface area contributed by atoms with Crippen LogP contribution in [0.25, 0.3) is 87.4 Å². The van der Waals surface area contributed by atoms with Gasteiger partial charge in [0.15, 0.2) is 0 Å². The van der Waals surface area contributed by atoms with Gasteiger partial charge in [0.2, 0.25) is 0 Å². The molecule has 4 heteroatoms. The molecule has 9 rings (SSSR count). The number of aromatic amines is 2. The van der Waals surface area contributed by atoms with Crippen molar-refractivity contribution in [3.05, 3.63) is 120 Å². The highest BCUT2D eigenvalue weighted by Crippen LogP contribution is 2.41. The molecule has 0 aliphatic carbocycles. The largest absolute Gasteiger partial charge is 0.354 e. The van der Waals surface area contributed by atoms with Crippen LogP contribution in [0.4, 0.5) is 0 Å². The van der Waals surface area contributed by atoms with Crippen molar-refractivity contribution < 1.29 is 0 Å². The summed E-state index contributed by atoms with van der Waals surface area (Å²) < 4.78 is 0. The van der Waals surface area contributed by atoms with E-state index < -0.39 is 0 Å². The summed E-state index contributed by atoms with van der Waals surface area (Å²) in [7, 11) is 0. The topological polar surface area (TPSA) is 57.4 Å². The highest BCUT2D eigenvalue weighted by molar-refractivity contribution is 6.22. The molecule has 8 bridgehead atoms. The van der Waals surface area contributed by atoms with E-state index in [2.05, 4.69) is 135 Å². The van der Waals surface area contributed by atoms with E-state index in [4.69, 9.17) is 9.97 Å². The quantitative estimate of drug-likeness (QED) is 0.205. The monoisotopic (exact) mass is 622 g/mol. The van der Waals surface area contributed by atoms with Crippen molar-refractivity contribution in [1.29, 1.82) is 0 Å². The van der Waals surface area contributed by atoms with Gasteiger partial charge in [-0.1, -0.05) is 100 Å². The van der Waals surface area contributed by atoms with Crippen LogP contribution in [-0.2, 0) is 0 Å². The predicted molar refractivity (Wildman–Crippen MR) is 206 cm³/mol. The molecule has 0 saturated carbocycles. The van der Waals surface area contributed by atoms with Gasteiger partial charge in [0.25, 0.3) is 0 Å². The molecule has 2 N–H and O–H groups in total. The summed E-state index contributed by atoms with van der Waals surface area (Å²) >= 11 is 0. The van der Waals surface area contributed by atoms with Crippen LogP contribution in [0.2, 0.25) is 0 Å². The third kappa shape index (κ3) is 4.22. The third-order valence-electron chi connectivity index (χ3n) is 10.5. The van der Waals surface area contributed by atoms with Gasteiger partial charge in [0, 0.05) is 43.6 Å². The number of hydrogen-bond donors (Lipinski definition) is 2. The Morgan fingerprint density at radius 1 is 0.396 bits per heavy atom. The Balaban J connectivity index is 1.53. The number of rotatable bonds is 4. The number of fused-ring (bicyclic) bond motifs is 18. The number of hydrogen-bond acceptors (Lipinski definition) is 2. The van der Waals surface area contributed by atoms with E-state index in [1.54, 1.807) is 0 Å². The summed E-state index contributed by atoms with van der Waals surface area (Å²) in [5.74, 6) is 0. The van der Waals surface area contributed by atoms with Gasteiger partial charge in [-0.2, -0.15) is 0 Å². The van der Waals surface area contributed by atoms with E-state index in [9.17, 15) is 0 Å². The number of allylic oxidation sites excluding steroid dienone is 4. The van der Waals surface area contributed by atoms with Crippen LogP contribution >= 0.6 is 0 Å². The van der Waals surface area contributed by atoms with Gasteiger partial charge in [-0.3, -0.25) is 0 Å². The molecule has 2 aliphatic rings. The van der Waals surface area contributed by atoms with Crippen LogP contribution in [0.3, 0.4) is 0 Å². The molecule has 0 atom stereocenters. The SMILES string of the molecule is CCC1=C(CC)c2cc3[nH]c(cc4nc(cc5[nH]c(cc1n2)c1ccc2ccccc2c51)C(CC)=C4CC)c1c2ccccc2ccc31. The molecule has 4 nitrogen and oxygen atoms in total. The van der Waals surface area contributed by atoms with Gasteiger partial charge in [-0.05, 0) is 93.8 Å². The first-order chi connectivity index (χ1) is 23.6. The summed E-state index contributed by atoms with van der Waals surface area (Å²) in [6.45, 7) is 9.00. The average molecular weight is 623 g/mol. The van der Waals surface area contributed by atoms with Crippen molar-refractivity contribution in [2.24, 2.45) is 0 Å². The molecule has 0 spiro atoms. The lowest BCUT2D eigenvalue weighted by Crippen LogP contribution is -1.82. The molecule has 5 heterocycles. The Morgan fingerprint density at radius 3 is 1.12 bits per heavy atom. The van der Waals surface area contributed by atoms with Gasteiger partial charge >= 0.3 is 0 Å². The molecule has 234 valence electrons. The highest BCUT2D eigenvalue weighted by Gasteiger charge is 2.21. The second kappa shape index (κ2) is 11.1.